The summed E-state index contributed by atoms with van der Waals surface area (Å²) in [6, 6.07) is 0. The molecule has 0 fully saturated rings. The Hall–Kier alpha value is -3.72. The van der Waals surface area contributed by atoms with Gasteiger partial charge in [0.25, 0.3) is 5.95 Å². The van der Waals surface area contributed by atoms with Gasteiger partial charge in [0.15, 0.2) is 0 Å². The number of ether oxygens (including phenoxy) is 1. The van der Waals surface area contributed by atoms with Crippen molar-refractivity contribution in [1.82, 2.24) is 34.5 Å². The van der Waals surface area contributed by atoms with Crippen LogP contribution in [0.4, 0.5) is 5.95 Å². The van der Waals surface area contributed by atoms with E-state index in [4.69, 9.17) is 4.74 Å². The molecule has 0 radical (unpaired) electrons. The maximum atomic E-state index is 5.61. The zero-order valence-corrected chi connectivity index (χ0v) is 23.1. The van der Waals surface area contributed by atoms with Crippen LogP contribution in [0, 0.1) is 6.92 Å². The SMILES string of the molecule is C=Cc1c(C)nn(-c2ncnc(NC(=C/C(C)=C/N(C)CCN(C)C)/C(=C\C)OC)n2)c1C=C(C)C. The summed E-state index contributed by atoms with van der Waals surface area (Å²) >= 11 is 0. The van der Waals surface area contributed by atoms with Crippen molar-refractivity contribution in [3.8, 4) is 5.95 Å². The van der Waals surface area contributed by atoms with E-state index < -0.39 is 0 Å². The number of likely N-dealkylation sites (N-methyl/N-ethyl adjacent to an activating group) is 2. The summed E-state index contributed by atoms with van der Waals surface area (Å²) in [6.45, 7) is 15.8. The molecule has 9 nitrogen and oxygen atoms in total. The monoisotopic (exact) mass is 492 g/mol. The molecule has 0 bridgehead atoms. The highest BCUT2D eigenvalue weighted by Gasteiger charge is 2.16. The molecule has 2 aromatic rings. The third kappa shape index (κ3) is 7.91. The van der Waals surface area contributed by atoms with Crippen LogP contribution in [0.15, 0.2) is 53.9 Å². The van der Waals surface area contributed by atoms with Crippen molar-refractivity contribution in [3.05, 3.63) is 70.8 Å². The molecule has 0 saturated carbocycles. The molecule has 0 unspecified atom stereocenters. The molecule has 0 atom stereocenters. The molecule has 1 N–H and O–H groups in total. The van der Waals surface area contributed by atoms with Gasteiger partial charge in [-0.3, -0.25) is 0 Å². The number of methoxy groups -OCH3 is 1. The van der Waals surface area contributed by atoms with E-state index in [1.807, 2.05) is 52.8 Å². The summed E-state index contributed by atoms with van der Waals surface area (Å²) in [5.74, 6) is 1.47. The van der Waals surface area contributed by atoms with Crippen LogP contribution in [0.5, 0.6) is 0 Å². The average Bonchev–Trinajstić information content (AvgIpc) is 3.12. The standard InChI is InChI=1S/C27H40N8O/c1-11-22-21(6)32-35(24(22)15-19(3)4)27-29-18-28-26(31-27)30-23(25(12-2)36-10)16-20(5)17-34(9)14-13-33(7)8/h11-12,15-18H,1,13-14H2,2-10H3,(H,28,29,30,31)/b20-17+,23-16+,25-12+. The number of rotatable bonds is 12. The normalized spacial score (nSPS) is 12.6. The van der Waals surface area contributed by atoms with E-state index in [1.54, 1.807) is 17.9 Å². The molecule has 9 heteroatoms. The zero-order valence-electron chi connectivity index (χ0n) is 23.1. The fraction of sp³-hybridized carbons (Fsp3) is 0.407. The van der Waals surface area contributed by atoms with Crippen LogP contribution in [0.1, 0.15) is 44.6 Å². The van der Waals surface area contributed by atoms with Crippen LogP contribution in [-0.2, 0) is 4.74 Å². The topological polar surface area (TPSA) is 84.2 Å². The first-order valence-electron chi connectivity index (χ1n) is 11.9. The molecule has 2 aromatic heterocycles. The smallest absolute Gasteiger partial charge is 0.255 e. The van der Waals surface area contributed by atoms with E-state index >= 15 is 0 Å². The van der Waals surface area contributed by atoms with Gasteiger partial charge in [0.1, 0.15) is 12.1 Å². The van der Waals surface area contributed by atoms with Gasteiger partial charge in [-0.15, -0.1) is 0 Å². The molecule has 194 valence electrons. The summed E-state index contributed by atoms with van der Waals surface area (Å²) in [5, 5.41) is 7.96. The second kappa shape index (κ2) is 13.4. The minimum atomic E-state index is 0.382. The summed E-state index contributed by atoms with van der Waals surface area (Å²) in [7, 11) is 7.84. The fourth-order valence-corrected chi connectivity index (χ4v) is 3.53. The lowest BCUT2D eigenvalue weighted by atomic mass is 10.1. The number of nitrogens with one attached hydrogen (secondary N) is 1. The van der Waals surface area contributed by atoms with Crippen LogP contribution < -0.4 is 5.32 Å². The number of allylic oxidation sites excluding steroid dienone is 4. The molecule has 0 aliphatic heterocycles. The van der Waals surface area contributed by atoms with E-state index in [9.17, 15) is 0 Å². The predicted molar refractivity (Wildman–Crippen MR) is 149 cm³/mol. The van der Waals surface area contributed by atoms with Crippen molar-refractivity contribution >= 4 is 18.1 Å². The number of hydrogen-bond acceptors (Lipinski definition) is 8. The number of aromatic nitrogens is 5. The van der Waals surface area contributed by atoms with Gasteiger partial charge in [-0.25, -0.2) is 4.98 Å². The molecule has 0 aliphatic rings. The van der Waals surface area contributed by atoms with Crippen LogP contribution in [-0.4, -0.2) is 75.9 Å². The van der Waals surface area contributed by atoms with Crippen molar-refractivity contribution in [2.24, 2.45) is 0 Å². The van der Waals surface area contributed by atoms with Gasteiger partial charge in [-0.2, -0.15) is 19.7 Å². The van der Waals surface area contributed by atoms with Crippen molar-refractivity contribution in [2.75, 3.05) is 46.7 Å². The highest BCUT2D eigenvalue weighted by Crippen LogP contribution is 2.22. The molecular weight excluding hydrogens is 452 g/mol. The second-order valence-electron chi connectivity index (χ2n) is 9.03. The third-order valence-electron chi connectivity index (χ3n) is 5.21. The van der Waals surface area contributed by atoms with E-state index in [1.165, 1.54) is 6.33 Å². The predicted octanol–water partition coefficient (Wildman–Crippen LogP) is 4.68. The zero-order chi connectivity index (χ0) is 26.8. The molecule has 2 heterocycles. The van der Waals surface area contributed by atoms with Crippen LogP contribution in [0.3, 0.4) is 0 Å². The average molecular weight is 493 g/mol. The number of anilines is 1. The summed E-state index contributed by atoms with van der Waals surface area (Å²) in [6.07, 6.45) is 11.3. The first-order chi connectivity index (χ1) is 17.1. The van der Waals surface area contributed by atoms with Gasteiger partial charge >= 0.3 is 0 Å². The second-order valence-corrected chi connectivity index (χ2v) is 9.03. The molecule has 0 amide bonds. The van der Waals surface area contributed by atoms with Gasteiger partial charge in [0.05, 0.1) is 24.2 Å². The Balaban J connectivity index is 2.45. The first-order valence-corrected chi connectivity index (χ1v) is 11.9. The summed E-state index contributed by atoms with van der Waals surface area (Å²) in [5.41, 5.74) is 5.59. The van der Waals surface area contributed by atoms with Crippen molar-refractivity contribution in [2.45, 2.75) is 34.6 Å². The molecule has 2 rings (SSSR count). The van der Waals surface area contributed by atoms with Crippen LogP contribution in [0.2, 0.25) is 0 Å². The number of aryl methyl sites for hydroxylation is 1. The van der Waals surface area contributed by atoms with Gasteiger partial charge in [-0.05, 0) is 72.5 Å². The van der Waals surface area contributed by atoms with Gasteiger partial charge in [0, 0.05) is 31.9 Å². The minimum absolute atomic E-state index is 0.382. The number of hydrogen-bond donors (Lipinski definition) is 1. The van der Waals surface area contributed by atoms with E-state index in [0.717, 1.165) is 46.9 Å². The van der Waals surface area contributed by atoms with Crippen molar-refractivity contribution in [3.63, 3.8) is 0 Å². The molecule has 36 heavy (non-hydrogen) atoms. The van der Waals surface area contributed by atoms with Crippen molar-refractivity contribution in [1.29, 1.82) is 0 Å². The van der Waals surface area contributed by atoms with Crippen LogP contribution in [0.25, 0.3) is 18.1 Å². The van der Waals surface area contributed by atoms with E-state index in [0.29, 0.717) is 17.7 Å². The summed E-state index contributed by atoms with van der Waals surface area (Å²) < 4.78 is 7.32. The Kier molecular flexibility index (Phi) is 10.6. The maximum Gasteiger partial charge on any atom is 0.255 e. The lowest BCUT2D eigenvalue weighted by Gasteiger charge is -2.18. The Morgan fingerprint density at radius 1 is 1.17 bits per heavy atom. The Labute approximate surface area is 215 Å². The van der Waals surface area contributed by atoms with E-state index in [-0.39, 0.29) is 0 Å². The molecule has 0 spiro atoms. The highest BCUT2D eigenvalue weighted by molar-refractivity contribution is 5.66. The summed E-state index contributed by atoms with van der Waals surface area (Å²) in [4.78, 5) is 17.7. The van der Waals surface area contributed by atoms with Gasteiger partial charge < -0.3 is 19.9 Å². The van der Waals surface area contributed by atoms with Crippen LogP contribution >= 0.6 is 0 Å². The van der Waals surface area contributed by atoms with Crippen molar-refractivity contribution < 1.29 is 4.74 Å². The third-order valence-corrected chi connectivity index (χ3v) is 5.21. The molecule has 0 aromatic carbocycles. The Morgan fingerprint density at radius 3 is 2.47 bits per heavy atom. The number of nitrogens with zero attached hydrogens (tertiary/aromatic N) is 7. The van der Waals surface area contributed by atoms with Gasteiger partial charge in [0.2, 0.25) is 5.95 Å². The fourth-order valence-electron chi connectivity index (χ4n) is 3.53. The maximum absolute atomic E-state index is 5.61. The Bertz CT molecular complexity index is 1170. The Morgan fingerprint density at radius 2 is 1.89 bits per heavy atom. The van der Waals surface area contributed by atoms with E-state index in [2.05, 4.69) is 69.1 Å². The molecule has 0 saturated heterocycles. The largest absolute Gasteiger partial charge is 0.495 e. The molecule has 0 aliphatic carbocycles. The molecular formula is C27H40N8O. The highest BCUT2D eigenvalue weighted by atomic mass is 16.5. The van der Waals surface area contributed by atoms with Gasteiger partial charge in [-0.1, -0.05) is 18.2 Å². The lowest BCUT2D eigenvalue weighted by molar-refractivity contribution is 0.300. The minimum Gasteiger partial charge on any atom is -0.495 e. The lowest BCUT2D eigenvalue weighted by Crippen LogP contribution is -2.25. The quantitative estimate of drug-likeness (QED) is 0.338. The first kappa shape index (κ1) is 28.5.